The van der Waals surface area contributed by atoms with Crippen molar-refractivity contribution in [2.75, 3.05) is 0 Å². The smallest absolute Gasteiger partial charge is 0.0386 e. The van der Waals surface area contributed by atoms with Crippen molar-refractivity contribution in [3.8, 4) is 0 Å². The van der Waals surface area contributed by atoms with Crippen molar-refractivity contribution in [2.24, 2.45) is 41.4 Å². The molecule has 0 spiro atoms. The summed E-state index contributed by atoms with van der Waals surface area (Å²) >= 11 is 0. The Bertz CT molecular complexity index is 294. The lowest BCUT2D eigenvalue weighted by Crippen LogP contribution is -2.24. The molecule has 0 nitrogen and oxygen atoms in total. The molecule has 1 rings (SSSR count). The van der Waals surface area contributed by atoms with Gasteiger partial charge in [0.25, 0.3) is 0 Å². The fourth-order valence-corrected chi connectivity index (χ4v) is 4.85. The zero-order chi connectivity index (χ0) is 17.4. The summed E-state index contributed by atoms with van der Waals surface area (Å²) in [5, 5.41) is 0. The van der Waals surface area contributed by atoms with E-state index in [0.29, 0.717) is 0 Å². The van der Waals surface area contributed by atoms with Crippen LogP contribution in [0.2, 0.25) is 0 Å². The molecule has 0 aromatic carbocycles. The molecule has 0 amide bonds. The van der Waals surface area contributed by atoms with Gasteiger partial charge in [-0.05, 0) is 60.7 Å². The maximum atomic E-state index is 2.55. The lowest BCUT2D eigenvalue weighted by Gasteiger charge is -2.34. The fourth-order valence-electron chi connectivity index (χ4n) is 4.85. The van der Waals surface area contributed by atoms with Gasteiger partial charge in [-0.1, -0.05) is 87.0 Å². The molecule has 0 saturated heterocycles. The number of hydrogen-bond acceptors (Lipinski definition) is 0. The molecule has 138 valence electrons. The SMILES string of the molecule is CCCC(C)C(C)CCCC(C)C1CCC(C)CC(C)C(C)C1. The molecule has 1 aliphatic carbocycles. The van der Waals surface area contributed by atoms with Crippen LogP contribution in [0.25, 0.3) is 0 Å². The Morgan fingerprint density at radius 2 is 1.39 bits per heavy atom. The molecule has 0 aromatic rings. The van der Waals surface area contributed by atoms with Crippen LogP contribution in [0.5, 0.6) is 0 Å². The first-order valence-corrected chi connectivity index (χ1v) is 10.8. The third-order valence-electron chi connectivity index (χ3n) is 7.29. The van der Waals surface area contributed by atoms with Gasteiger partial charge in [0.05, 0.1) is 0 Å². The van der Waals surface area contributed by atoms with E-state index in [0.717, 1.165) is 41.4 Å². The van der Waals surface area contributed by atoms with Gasteiger partial charge in [-0.2, -0.15) is 0 Å². The summed E-state index contributed by atoms with van der Waals surface area (Å²) in [5.41, 5.74) is 0. The van der Waals surface area contributed by atoms with E-state index in [2.05, 4.69) is 48.5 Å². The lowest BCUT2D eigenvalue weighted by molar-refractivity contribution is 0.166. The molecule has 1 fully saturated rings. The Labute approximate surface area is 148 Å². The monoisotopic (exact) mass is 322 g/mol. The van der Waals surface area contributed by atoms with Gasteiger partial charge in [0.2, 0.25) is 0 Å². The summed E-state index contributed by atoms with van der Waals surface area (Å²) in [7, 11) is 0. The summed E-state index contributed by atoms with van der Waals surface area (Å²) in [6.07, 6.45) is 13.0. The summed E-state index contributed by atoms with van der Waals surface area (Å²) in [4.78, 5) is 0. The van der Waals surface area contributed by atoms with Crippen molar-refractivity contribution in [3.05, 3.63) is 0 Å². The van der Waals surface area contributed by atoms with E-state index in [9.17, 15) is 0 Å². The van der Waals surface area contributed by atoms with E-state index in [1.807, 2.05) is 0 Å². The van der Waals surface area contributed by atoms with Crippen LogP contribution < -0.4 is 0 Å². The number of rotatable bonds is 8. The Kier molecular flexibility index (Phi) is 9.86. The van der Waals surface area contributed by atoms with Gasteiger partial charge in [0.15, 0.2) is 0 Å². The molecule has 0 heteroatoms. The summed E-state index contributed by atoms with van der Waals surface area (Å²) in [6, 6.07) is 0. The van der Waals surface area contributed by atoms with Crippen LogP contribution in [-0.4, -0.2) is 0 Å². The Morgan fingerprint density at radius 3 is 2.04 bits per heavy atom. The van der Waals surface area contributed by atoms with Gasteiger partial charge >= 0.3 is 0 Å². The lowest BCUT2D eigenvalue weighted by atomic mass is 9.71. The first-order valence-electron chi connectivity index (χ1n) is 10.8. The van der Waals surface area contributed by atoms with Crippen LogP contribution in [0, 0.1) is 41.4 Å². The average Bonchev–Trinajstić information content (AvgIpc) is 2.49. The standard InChI is InChI=1S/C23H46/c1-8-10-18(3)19(4)11-9-12-20(5)23-14-13-17(2)15-21(6)22(7)16-23/h17-23H,8-16H2,1-7H3. The molecule has 23 heavy (non-hydrogen) atoms. The summed E-state index contributed by atoms with van der Waals surface area (Å²) < 4.78 is 0. The molecule has 0 aliphatic heterocycles. The minimum absolute atomic E-state index is 0.915. The van der Waals surface area contributed by atoms with Crippen LogP contribution >= 0.6 is 0 Å². The molecule has 0 heterocycles. The second kappa shape index (κ2) is 10.8. The molecule has 0 bridgehead atoms. The van der Waals surface area contributed by atoms with Gasteiger partial charge in [0, 0.05) is 0 Å². The molecule has 0 radical (unpaired) electrons. The van der Waals surface area contributed by atoms with Gasteiger partial charge in [-0.3, -0.25) is 0 Å². The van der Waals surface area contributed by atoms with Crippen LogP contribution in [0.4, 0.5) is 0 Å². The van der Waals surface area contributed by atoms with Crippen molar-refractivity contribution < 1.29 is 0 Å². The van der Waals surface area contributed by atoms with Crippen LogP contribution in [0.15, 0.2) is 0 Å². The van der Waals surface area contributed by atoms with Crippen LogP contribution in [-0.2, 0) is 0 Å². The fraction of sp³-hybridized carbons (Fsp3) is 1.00. The predicted octanol–water partition coefficient (Wildman–Crippen LogP) is 7.96. The van der Waals surface area contributed by atoms with E-state index >= 15 is 0 Å². The average molecular weight is 323 g/mol. The van der Waals surface area contributed by atoms with Crippen LogP contribution in [0.1, 0.15) is 106 Å². The molecular formula is C23H46. The normalized spacial score (nSPS) is 33.5. The maximum absolute atomic E-state index is 2.55. The van der Waals surface area contributed by atoms with Gasteiger partial charge in [-0.25, -0.2) is 0 Å². The Balaban J connectivity index is 2.38. The van der Waals surface area contributed by atoms with Crippen molar-refractivity contribution in [2.45, 2.75) is 106 Å². The van der Waals surface area contributed by atoms with Gasteiger partial charge in [0.1, 0.15) is 0 Å². The van der Waals surface area contributed by atoms with Gasteiger partial charge < -0.3 is 0 Å². The first-order chi connectivity index (χ1) is 10.8. The second-order valence-electron chi connectivity index (χ2n) is 9.52. The molecule has 1 saturated carbocycles. The highest BCUT2D eigenvalue weighted by molar-refractivity contribution is 4.78. The molecular weight excluding hydrogens is 276 g/mol. The van der Waals surface area contributed by atoms with E-state index in [4.69, 9.17) is 0 Å². The molecule has 7 atom stereocenters. The minimum atomic E-state index is 0.915. The van der Waals surface area contributed by atoms with Crippen molar-refractivity contribution in [3.63, 3.8) is 0 Å². The van der Waals surface area contributed by atoms with Crippen LogP contribution in [0.3, 0.4) is 0 Å². The van der Waals surface area contributed by atoms with Crippen molar-refractivity contribution >= 4 is 0 Å². The van der Waals surface area contributed by atoms with Crippen molar-refractivity contribution in [1.82, 2.24) is 0 Å². The van der Waals surface area contributed by atoms with Crippen molar-refractivity contribution in [1.29, 1.82) is 0 Å². The van der Waals surface area contributed by atoms with E-state index in [1.54, 1.807) is 0 Å². The highest BCUT2D eigenvalue weighted by atomic mass is 14.3. The third-order valence-corrected chi connectivity index (χ3v) is 7.29. The first kappa shape index (κ1) is 21.0. The maximum Gasteiger partial charge on any atom is -0.0386 e. The predicted molar refractivity (Wildman–Crippen MR) is 106 cm³/mol. The largest absolute Gasteiger partial charge is 0.0654 e. The topological polar surface area (TPSA) is 0 Å². The molecule has 0 N–H and O–H groups in total. The molecule has 1 aliphatic rings. The zero-order valence-corrected chi connectivity index (χ0v) is 17.4. The van der Waals surface area contributed by atoms with E-state index in [1.165, 1.54) is 57.8 Å². The Hall–Kier alpha value is 0. The highest BCUT2D eigenvalue weighted by Gasteiger charge is 2.27. The Morgan fingerprint density at radius 1 is 0.783 bits per heavy atom. The van der Waals surface area contributed by atoms with Gasteiger partial charge in [-0.15, -0.1) is 0 Å². The summed E-state index contributed by atoms with van der Waals surface area (Å²) in [5.74, 6) is 6.54. The summed E-state index contributed by atoms with van der Waals surface area (Å²) in [6.45, 7) is 17.3. The number of hydrogen-bond donors (Lipinski definition) is 0. The highest BCUT2D eigenvalue weighted by Crippen LogP contribution is 2.38. The van der Waals surface area contributed by atoms with E-state index in [-0.39, 0.29) is 0 Å². The third kappa shape index (κ3) is 7.61. The zero-order valence-electron chi connectivity index (χ0n) is 17.4. The second-order valence-corrected chi connectivity index (χ2v) is 9.52. The quantitative estimate of drug-likeness (QED) is 0.425. The molecule has 0 aromatic heterocycles. The molecule has 7 unspecified atom stereocenters. The minimum Gasteiger partial charge on any atom is -0.0654 e. The van der Waals surface area contributed by atoms with E-state index < -0.39 is 0 Å².